The predicted octanol–water partition coefficient (Wildman–Crippen LogP) is 3.57. The summed E-state index contributed by atoms with van der Waals surface area (Å²) in [5, 5.41) is 14.0. The molecule has 0 aliphatic carbocycles. The van der Waals surface area contributed by atoms with Crippen molar-refractivity contribution in [1.82, 2.24) is 5.32 Å². The molecule has 25 heavy (non-hydrogen) atoms. The molecule has 0 heterocycles. The fraction of sp³-hybridized carbons (Fsp3) is 0.400. The van der Waals surface area contributed by atoms with Crippen molar-refractivity contribution in [1.29, 1.82) is 0 Å². The van der Waals surface area contributed by atoms with E-state index in [0.717, 1.165) is 22.1 Å². The second kappa shape index (κ2) is 8.01. The molecule has 0 aliphatic rings. The van der Waals surface area contributed by atoms with Crippen LogP contribution in [0.3, 0.4) is 0 Å². The number of methoxy groups -OCH3 is 1. The lowest BCUT2D eigenvalue weighted by molar-refractivity contribution is -0.143. The number of ether oxygens (including phenoxy) is 1. The molecule has 0 spiro atoms. The van der Waals surface area contributed by atoms with Crippen LogP contribution >= 0.6 is 0 Å². The molecule has 2 aromatic rings. The van der Waals surface area contributed by atoms with Crippen LogP contribution in [0.5, 0.6) is 5.75 Å². The second-order valence-corrected chi connectivity index (χ2v) is 6.40. The zero-order chi connectivity index (χ0) is 18.6. The number of hydrogen-bond acceptors (Lipinski definition) is 3. The summed E-state index contributed by atoms with van der Waals surface area (Å²) in [7, 11) is 1.62. The van der Waals surface area contributed by atoms with Gasteiger partial charge in [0.05, 0.1) is 13.0 Å². The molecule has 134 valence electrons. The highest BCUT2D eigenvalue weighted by Gasteiger charge is 2.27. The molecule has 3 unspecified atom stereocenters. The van der Waals surface area contributed by atoms with Gasteiger partial charge in [-0.3, -0.25) is 4.79 Å². The SMILES string of the molecule is CCC(C)C(NC(=O)C(C)c1ccc2cc(OC)ccc2c1)C(=O)O. The minimum atomic E-state index is -1.000. The third kappa shape index (κ3) is 4.29. The van der Waals surface area contributed by atoms with Crippen LogP contribution < -0.4 is 10.1 Å². The lowest BCUT2D eigenvalue weighted by Gasteiger charge is -2.22. The van der Waals surface area contributed by atoms with Gasteiger partial charge in [0.1, 0.15) is 11.8 Å². The van der Waals surface area contributed by atoms with Gasteiger partial charge in [0.15, 0.2) is 0 Å². The monoisotopic (exact) mass is 343 g/mol. The number of aliphatic carboxylic acids is 1. The maximum Gasteiger partial charge on any atom is 0.326 e. The summed E-state index contributed by atoms with van der Waals surface area (Å²) in [6, 6.07) is 10.7. The van der Waals surface area contributed by atoms with Crippen molar-refractivity contribution in [3.63, 3.8) is 0 Å². The van der Waals surface area contributed by atoms with Gasteiger partial charge in [0.25, 0.3) is 0 Å². The van der Waals surface area contributed by atoms with Crippen molar-refractivity contribution in [2.75, 3.05) is 7.11 Å². The van der Waals surface area contributed by atoms with Crippen molar-refractivity contribution in [2.24, 2.45) is 5.92 Å². The Morgan fingerprint density at radius 1 is 1.12 bits per heavy atom. The first kappa shape index (κ1) is 18.8. The van der Waals surface area contributed by atoms with Crippen molar-refractivity contribution in [3.8, 4) is 5.75 Å². The summed E-state index contributed by atoms with van der Waals surface area (Å²) in [5.74, 6) is -1.06. The molecule has 2 N–H and O–H groups in total. The third-order valence-corrected chi connectivity index (χ3v) is 4.74. The molecule has 0 aliphatic heterocycles. The van der Waals surface area contributed by atoms with E-state index in [4.69, 9.17) is 4.74 Å². The summed E-state index contributed by atoms with van der Waals surface area (Å²) in [4.78, 5) is 23.9. The Morgan fingerprint density at radius 3 is 2.36 bits per heavy atom. The normalized spacial score (nSPS) is 14.6. The Bertz CT molecular complexity index is 771. The summed E-state index contributed by atoms with van der Waals surface area (Å²) < 4.78 is 5.22. The number of carboxylic acid groups (broad SMARTS) is 1. The van der Waals surface area contributed by atoms with Crippen molar-refractivity contribution < 1.29 is 19.4 Å². The number of amides is 1. The van der Waals surface area contributed by atoms with E-state index < -0.39 is 17.9 Å². The zero-order valence-electron chi connectivity index (χ0n) is 15.1. The molecule has 5 heteroatoms. The molecule has 0 saturated carbocycles. The molecule has 5 nitrogen and oxygen atoms in total. The van der Waals surface area contributed by atoms with Crippen LogP contribution in [-0.2, 0) is 9.59 Å². The smallest absolute Gasteiger partial charge is 0.326 e. The molecule has 2 rings (SSSR count). The minimum Gasteiger partial charge on any atom is -0.497 e. The molecule has 3 atom stereocenters. The standard InChI is InChI=1S/C20H25NO4/c1-5-12(2)18(20(23)24)21-19(22)13(3)14-6-7-16-11-17(25-4)9-8-15(16)10-14/h6-13,18H,5H2,1-4H3,(H,21,22)(H,23,24). The van der Waals surface area contributed by atoms with Crippen molar-refractivity contribution in [3.05, 3.63) is 42.0 Å². The van der Waals surface area contributed by atoms with Crippen LogP contribution in [0.4, 0.5) is 0 Å². The Balaban J connectivity index is 2.21. The fourth-order valence-electron chi connectivity index (χ4n) is 2.75. The van der Waals surface area contributed by atoms with Crippen LogP contribution in [0.25, 0.3) is 10.8 Å². The van der Waals surface area contributed by atoms with Crippen LogP contribution in [-0.4, -0.2) is 30.1 Å². The van der Waals surface area contributed by atoms with Gasteiger partial charge < -0.3 is 15.2 Å². The Hall–Kier alpha value is -2.56. The molecule has 0 aromatic heterocycles. The van der Waals surface area contributed by atoms with Gasteiger partial charge in [-0.25, -0.2) is 4.79 Å². The first-order chi connectivity index (χ1) is 11.9. The maximum absolute atomic E-state index is 12.5. The van der Waals surface area contributed by atoms with Gasteiger partial charge in [-0.1, -0.05) is 44.5 Å². The number of carbonyl (C=O) groups is 2. The van der Waals surface area contributed by atoms with E-state index in [2.05, 4.69) is 5.32 Å². The molecule has 1 amide bonds. The highest BCUT2D eigenvalue weighted by molar-refractivity contribution is 5.90. The topological polar surface area (TPSA) is 75.6 Å². The molecule has 0 saturated heterocycles. The summed E-state index contributed by atoms with van der Waals surface area (Å²) in [6.45, 7) is 5.52. The van der Waals surface area contributed by atoms with Crippen LogP contribution in [0.2, 0.25) is 0 Å². The highest BCUT2D eigenvalue weighted by atomic mass is 16.5. The lowest BCUT2D eigenvalue weighted by Crippen LogP contribution is -2.46. The molecular weight excluding hydrogens is 318 g/mol. The second-order valence-electron chi connectivity index (χ2n) is 6.40. The first-order valence-electron chi connectivity index (χ1n) is 8.48. The van der Waals surface area contributed by atoms with Crippen LogP contribution in [0.1, 0.15) is 38.7 Å². The molecule has 0 bridgehead atoms. The van der Waals surface area contributed by atoms with Crippen LogP contribution in [0.15, 0.2) is 36.4 Å². The number of nitrogens with one attached hydrogen (secondary N) is 1. The molecule has 2 aromatic carbocycles. The lowest BCUT2D eigenvalue weighted by atomic mass is 9.95. The van der Waals surface area contributed by atoms with Gasteiger partial charge in [-0.15, -0.1) is 0 Å². The van der Waals surface area contributed by atoms with E-state index in [9.17, 15) is 14.7 Å². The van der Waals surface area contributed by atoms with Gasteiger partial charge in [0, 0.05) is 0 Å². The van der Waals surface area contributed by atoms with Gasteiger partial charge in [0.2, 0.25) is 5.91 Å². The number of benzene rings is 2. The predicted molar refractivity (Wildman–Crippen MR) is 97.9 cm³/mol. The summed E-state index contributed by atoms with van der Waals surface area (Å²) >= 11 is 0. The molecular formula is C20H25NO4. The van der Waals surface area contributed by atoms with E-state index in [0.29, 0.717) is 6.42 Å². The number of fused-ring (bicyclic) bond motifs is 1. The van der Waals surface area contributed by atoms with Crippen molar-refractivity contribution in [2.45, 2.75) is 39.2 Å². The zero-order valence-corrected chi connectivity index (χ0v) is 15.1. The third-order valence-electron chi connectivity index (χ3n) is 4.74. The van der Waals surface area contributed by atoms with Gasteiger partial charge >= 0.3 is 5.97 Å². The van der Waals surface area contributed by atoms with Gasteiger partial charge in [-0.05, 0) is 41.3 Å². The minimum absolute atomic E-state index is 0.127. The largest absolute Gasteiger partial charge is 0.497 e. The molecule has 0 fully saturated rings. The van der Waals surface area contributed by atoms with E-state index in [1.165, 1.54) is 0 Å². The number of hydrogen-bond donors (Lipinski definition) is 2. The van der Waals surface area contributed by atoms with Crippen LogP contribution in [0, 0.1) is 5.92 Å². The van der Waals surface area contributed by atoms with E-state index in [-0.39, 0.29) is 11.8 Å². The van der Waals surface area contributed by atoms with Crippen molar-refractivity contribution >= 4 is 22.6 Å². The highest BCUT2D eigenvalue weighted by Crippen LogP contribution is 2.25. The molecule has 0 radical (unpaired) electrons. The summed E-state index contributed by atoms with van der Waals surface area (Å²) in [6.07, 6.45) is 0.684. The first-order valence-corrected chi connectivity index (χ1v) is 8.48. The van der Waals surface area contributed by atoms with E-state index in [1.807, 2.05) is 50.2 Å². The number of carbonyl (C=O) groups excluding carboxylic acids is 1. The van der Waals surface area contributed by atoms with E-state index >= 15 is 0 Å². The number of rotatable bonds is 7. The Labute approximate surface area is 148 Å². The average Bonchev–Trinajstić information content (AvgIpc) is 2.63. The average molecular weight is 343 g/mol. The maximum atomic E-state index is 12.5. The summed E-state index contributed by atoms with van der Waals surface area (Å²) in [5.41, 5.74) is 0.850. The quantitative estimate of drug-likeness (QED) is 0.806. The fourth-order valence-corrected chi connectivity index (χ4v) is 2.75. The Morgan fingerprint density at radius 2 is 1.76 bits per heavy atom. The van der Waals surface area contributed by atoms with E-state index in [1.54, 1.807) is 14.0 Å². The number of carboxylic acids is 1. The van der Waals surface area contributed by atoms with Gasteiger partial charge in [-0.2, -0.15) is 0 Å². The Kier molecular flexibility index (Phi) is 6.02.